The largest absolute Gasteiger partial charge is 0.378 e. The van der Waals surface area contributed by atoms with Crippen molar-refractivity contribution in [2.24, 2.45) is 5.92 Å². The van der Waals surface area contributed by atoms with Crippen molar-refractivity contribution in [1.29, 1.82) is 0 Å². The van der Waals surface area contributed by atoms with Crippen LogP contribution >= 0.6 is 11.8 Å². The van der Waals surface area contributed by atoms with E-state index < -0.39 is 0 Å². The van der Waals surface area contributed by atoms with Gasteiger partial charge in [0.15, 0.2) is 0 Å². The minimum Gasteiger partial charge on any atom is -0.378 e. The van der Waals surface area contributed by atoms with Crippen molar-refractivity contribution in [3.05, 3.63) is 35.9 Å². The Morgan fingerprint density at radius 2 is 1.85 bits per heavy atom. The molecule has 2 amide bonds. The number of rotatable bonds is 6. The summed E-state index contributed by atoms with van der Waals surface area (Å²) in [5.74, 6) is 2.11. The summed E-state index contributed by atoms with van der Waals surface area (Å²) in [6.07, 6.45) is 2.36. The molecule has 142 valence electrons. The van der Waals surface area contributed by atoms with Gasteiger partial charge in [0.2, 0.25) is 11.8 Å². The standard InChI is InChI=1S/C20H28N2O3S/c23-19(8-14-26-16-17-5-2-1-3-6-17)22-9-4-7-18(15-22)20(24)21-10-12-25-13-11-21/h1-3,5-6,18H,4,7-16H2/t18-/m1/s1. The minimum atomic E-state index is -0.0391. The molecule has 1 aromatic carbocycles. The number of amides is 2. The van der Waals surface area contributed by atoms with E-state index in [4.69, 9.17) is 4.74 Å². The maximum absolute atomic E-state index is 12.7. The highest BCUT2D eigenvalue weighted by molar-refractivity contribution is 7.98. The number of piperidine rings is 1. The summed E-state index contributed by atoms with van der Waals surface area (Å²) in [5, 5.41) is 0. The van der Waals surface area contributed by atoms with Crippen molar-refractivity contribution in [1.82, 2.24) is 9.80 Å². The van der Waals surface area contributed by atoms with E-state index in [0.717, 1.165) is 30.9 Å². The van der Waals surface area contributed by atoms with Gasteiger partial charge in [-0.1, -0.05) is 30.3 Å². The maximum Gasteiger partial charge on any atom is 0.227 e. The molecule has 0 aliphatic carbocycles. The Morgan fingerprint density at radius 3 is 2.62 bits per heavy atom. The van der Waals surface area contributed by atoms with Gasteiger partial charge in [0.25, 0.3) is 0 Å². The molecule has 6 heteroatoms. The summed E-state index contributed by atoms with van der Waals surface area (Å²) in [4.78, 5) is 29.0. The lowest BCUT2D eigenvalue weighted by Crippen LogP contribution is -2.49. The van der Waals surface area contributed by atoms with Crippen LogP contribution in [-0.2, 0) is 20.1 Å². The molecule has 2 aliphatic rings. The van der Waals surface area contributed by atoms with Gasteiger partial charge in [-0.3, -0.25) is 9.59 Å². The predicted octanol–water partition coefficient (Wildman–Crippen LogP) is 2.41. The van der Waals surface area contributed by atoms with E-state index in [-0.39, 0.29) is 17.7 Å². The number of morpholine rings is 1. The fourth-order valence-electron chi connectivity index (χ4n) is 3.53. The van der Waals surface area contributed by atoms with Crippen molar-refractivity contribution >= 4 is 23.6 Å². The van der Waals surface area contributed by atoms with Crippen LogP contribution in [0.5, 0.6) is 0 Å². The van der Waals surface area contributed by atoms with Crippen LogP contribution in [-0.4, -0.2) is 66.8 Å². The normalized spacial score (nSPS) is 20.8. The second kappa shape index (κ2) is 9.97. The molecule has 2 saturated heterocycles. The first-order chi connectivity index (χ1) is 12.7. The van der Waals surface area contributed by atoms with Crippen molar-refractivity contribution in [3.8, 4) is 0 Å². The molecule has 0 bridgehead atoms. The van der Waals surface area contributed by atoms with Gasteiger partial charge < -0.3 is 14.5 Å². The van der Waals surface area contributed by atoms with Crippen LogP contribution in [0.25, 0.3) is 0 Å². The zero-order chi connectivity index (χ0) is 18.2. The maximum atomic E-state index is 12.7. The number of hydrogen-bond donors (Lipinski definition) is 0. The fourth-order valence-corrected chi connectivity index (χ4v) is 4.42. The SMILES string of the molecule is O=C(CCSCc1ccccc1)N1CCC[C@@H](C(=O)N2CCOCC2)C1. The average molecular weight is 377 g/mol. The predicted molar refractivity (Wildman–Crippen MR) is 104 cm³/mol. The van der Waals surface area contributed by atoms with Crippen LogP contribution in [0.4, 0.5) is 0 Å². The Morgan fingerprint density at radius 1 is 1.08 bits per heavy atom. The topological polar surface area (TPSA) is 49.9 Å². The fraction of sp³-hybridized carbons (Fsp3) is 0.600. The Kier molecular flexibility index (Phi) is 7.38. The van der Waals surface area contributed by atoms with Gasteiger partial charge in [-0.15, -0.1) is 0 Å². The first-order valence-electron chi connectivity index (χ1n) is 9.50. The van der Waals surface area contributed by atoms with Crippen LogP contribution in [0, 0.1) is 5.92 Å². The van der Waals surface area contributed by atoms with Gasteiger partial charge in [0, 0.05) is 44.1 Å². The van der Waals surface area contributed by atoms with Crippen molar-refractivity contribution in [2.45, 2.75) is 25.0 Å². The summed E-state index contributed by atoms with van der Waals surface area (Å²) in [5.41, 5.74) is 1.29. The van der Waals surface area contributed by atoms with Gasteiger partial charge in [0.1, 0.15) is 0 Å². The van der Waals surface area contributed by atoms with Crippen LogP contribution in [0.15, 0.2) is 30.3 Å². The van der Waals surface area contributed by atoms with Gasteiger partial charge in [-0.2, -0.15) is 11.8 Å². The zero-order valence-electron chi connectivity index (χ0n) is 15.3. The van der Waals surface area contributed by atoms with Crippen molar-refractivity contribution < 1.29 is 14.3 Å². The molecule has 1 atom stereocenters. The number of carbonyl (C=O) groups is 2. The Labute approximate surface area is 160 Å². The molecule has 2 fully saturated rings. The van der Waals surface area contributed by atoms with Gasteiger partial charge in [-0.25, -0.2) is 0 Å². The van der Waals surface area contributed by atoms with E-state index in [0.29, 0.717) is 39.3 Å². The van der Waals surface area contributed by atoms with Crippen molar-refractivity contribution in [3.63, 3.8) is 0 Å². The van der Waals surface area contributed by atoms with E-state index in [1.54, 1.807) is 11.8 Å². The smallest absolute Gasteiger partial charge is 0.227 e. The first-order valence-corrected chi connectivity index (χ1v) is 10.7. The number of benzene rings is 1. The third kappa shape index (κ3) is 5.48. The Balaban J connectivity index is 1.40. The molecular formula is C20H28N2O3S. The molecule has 2 aliphatic heterocycles. The number of carbonyl (C=O) groups excluding carboxylic acids is 2. The minimum absolute atomic E-state index is 0.0391. The van der Waals surface area contributed by atoms with Crippen LogP contribution in [0.3, 0.4) is 0 Å². The number of ether oxygens (including phenoxy) is 1. The van der Waals surface area contributed by atoms with Crippen LogP contribution < -0.4 is 0 Å². The molecule has 0 aromatic heterocycles. The van der Waals surface area contributed by atoms with Gasteiger partial charge >= 0.3 is 0 Å². The number of likely N-dealkylation sites (tertiary alicyclic amines) is 1. The highest BCUT2D eigenvalue weighted by Crippen LogP contribution is 2.21. The van der Waals surface area contributed by atoms with E-state index in [1.807, 2.05) is 28.0 Å². The molecule has 5 nitrogen and oxygen atoms in total. The number of thioether (sulfide) groups is 1. The monoisotopic (exact) mass is 376 g/mol. The van der Waals surface area contributed by atoms with E-state index >= 15 is 0 Å². The van der Waals surface area contributed by atoms with Crippen LogP contribution in [0.2, 0.25) is 0 Å². The van der Waals surface area contributed by atoms with Crippen LogP contribution in [0.1, 0.15) is 24.8 Å². The number of hydrogen-bond acceptors (Lipinski definition) is 4. The molecule has 0 radical (unpaired) electrons. The molecule has 3 rings (SSSR count). The zero-order valence-corrected chi connectivity index (χ0v) is 16.1. The lowest BCUT2D eigenvalue weighted by molar-refractivity contribution is -0.143. The summed E-state index contributed by atoms with van der Waals surface area (Å²) >= 11 is 1.79. The molecule has 0 saturated carbocycles. The molecule has 0 unspecified atom stereocenters. The summed E-state index contributed by atoms with van der Waals surface area (Å²) in [6, 6.07) is 10.3. The van der Waals surface area contributed by atoms with Gasteiger partial charge in [-0.05, 0) is 18.4 Å². The van der Waals surface area contributed by atoms with E-state index in [9.17, 15) is 9.59 Å². The lowest BCUT2D eigenvalue weighted by Gasteiger charge is -2.36. The number of nitrogens with zero attached hydrogens (tertiary/aromatic N) is 2. The van der Waals surface area contributed by atoms with Gasteiger partial charge in [0.05, 0.1) is 19.1 Å². The average Bonchev–Trinajstić information content (AvgIpc) is 2.72. The highest BCUT2D eigenvalue weighted by atomic mass is 32.2. The van der Waals surface area contributed by atoms with E-state index in [1.165, 1.54) is 5.56 Å². The Bertz CT molecular complexity index is 590. The molecular weight excluding hydrogens is 348 g/mol. The quantitative estimate of drug-likeness (QED) is 0.716. The molecule has 0 spiro atoms. The second-order valence-electron chi connectivity index (χ2n) is 6.90. The Hall–Kier alpha value is -1.53. The molecule has 0 N–H and O–H groups in total. The molecule has 2 heterocycles. The highest BCUT2D eigenvalue weighted by Gasteiger charge is 2.31. The second-order valence-corrected chi connectivity index (χ2v) is 8.01. The molecule has 26 heavy (non-hydrogen) atoms. The summed E-state index contributed by atoms with van der Waals surface area (Å²) < 4.78 is 5.32. The van der Waals surface area contributed by atoms with E-state index in [2.05, 4.69) is 12.1 Å². The summed E-state index contributed by atoms with van der Waals surface area (Å²) in [7, 11) is 0. The summed E-state index contributed by atoms with van der Waals surface area (Å²) in [6.45, 7) is 3.98. The first kappa shape index (κ1) is 19.2. The molecule has 1 aromatic rings. The third-order valence-corrected chi connectivity index (χ3v) is 6.05. The third-order valence-electron chi connectivity index (χ3n) is 5.02. The van der Waals surface area contributed by atoms with Crippen molar-refractivity contribution in [2.75, 3.05) is 45.1 Å². The lowest BCUT2D eigenvalue weighted by atomic mass is 9.96.